The molecule has 0 spiro atoms. The molecule has 0 unspecified atom stereocenters. The Balaban J connectivity index is 1.23. The Morgan fingerprint density at radius 3 is 2.72 bits per heavy atom. The molecule has 0 saturated carbocycles. The standard InChI is InChI=1S/C21H21N3O4S/c1-26-14-6-7-15-19(12-14)29-21(22-15)24-10-8-23(9-11-24)20(25)18-13-27-16-4-2-3-5-17(16)28-18/h2-7,12,18H,8-11,13H2,1H3/t18-/m1/s1. The molecule has 0 bridgehead atoms. The number of aromatic nitrogens is 1. The number of amides is 1. The molecule has 5 rings (SSSR count). The summed E-state index contributed by atoms with van der Waals surface area (Å²) in [6.07, 6.45) is -0.591. The molecule has 3 aromatic rings. The van der Waals surface area contributed by atoms with E-state index in [1.54, 1.807) is 18.4 Å². The van der Waals surface area contributed by atoms with Gasteiger partial charge in [0.05, 0.1) is 17.3 Å². The van der Waals surface area contributed by atoms with Gasteiger partial charge in [-0.15, -0.1) is 0 Å². The van der Waals surface area contributed by atoms with Crippen LogP contribution in [0.3, 0.4) is 0 Å². The lowest BCUT2D eigenvalue weighted by molar-refractivity contribution is -0.141. The first-order valence-corrected chi connectivity index (χ1v) is 10.4. The van der Waals surface area contributed by atoms with Crippen LogP contribution in [0.15, 0.2) is 42.5 Å². The van der Waals surface area contributed by atoms with Crippen LogP contribution in [0.4, 0.5) is 5.13 Å². The number of ether oxygens (including phenoxy) is 3. The van der Waals surface area contributed by atoms with Crippen LogP contribution in [0.5, 0.6) is 17.2 Å². The first-order chi connectivity index (χ1) is 14.2. The van der Waals surface area contributed by atoms with Crippen LogP contribution in [-0.4, -0.2) is 61.8 Å². The molecular weight excluding hydrogens is 390 g/mol. The van der Waals surface area contributed by atoms with E-state index >= 15 is 0 Å². The molecule has 1 amide bonds. The topological polar surface area (TPSA) is 64.1 Å². The number of carbonyl (C=O) groups is 1. The first kappa shape index (κ1) is 18.1. The van der Waals surface area contributed by atoms with Gasteiger partial charge >= 0.3 is 0 Å². The number of carbonyl (C=O) groups excluding carboxylic acids is 1. The molecule has 2 aliphatic rings. The Bertz CT molecular complexity index is 1050. The average molecular weight is 411 g/mol. The van der Waals surface area contributed by atoms with Crippen molar-refractivity contribution in [3.05, 3.63) is 42.5 Å². The molecule has 7 nitrogen and oxygen atoms in total. The summed E-state index contributed by atoms with van der Waals surface area (Å²) in [5.41, 5.74) is 0.968. The Morgan fingerprint density at radius 1 is 1.14 bits per heavy atom. The largest absolute Gasteiger partial charge is 0.497 e. The zero-order chi connectivity index (χ0) is 19.8. The number of piperazine rings is 1. The molecule has 2 aromatic carbocycles. The number of para-hydroxylation sites is 2. The van der Waals surface area contributed by atoms with Crippen LogP contribution in [0.2, 0.25) is 0 Å². The first-order valence-electron chi connectivity index (χ1n) is 9.58. The van der Waals surface area contributed by atoms with Crippen molar-refractivity contribution in [3.8, 4) is 17.2 Å². The zero-order valence-corrected chi connectivity index (χ0v) is 16.9. The van der Waals surface area contributed by atoms with Crippen LogP contribution >= 0.6 is 11.3 Å². The van der Waals surface area contributed by atoms with Crippen molar-refractivity contribution < 1.29 is 19.0 Å². The quantitative estimate of drug-likeness (QED) is 0.660. The average Bonchev–Trinajstić information content (AvgIpc) is 3.21. The normalized spacial score (nSPS) is 18.7. The molecule has 1 atom stereocenters. The Hall–Kier alpha value is -3.00. The van der Waals surface area contributed by atoms with E-state index in [1.165, 1.54) is 0 Å². The molecule has 3 heterocycles. The fourth-order valence-corrected chi connectivity index (χ4v) is 4.66. The minimum absolute atomic E-state index is 0.0202. The van der Waals surface area contributed by atoms with Crippen molar-refractivity contribution in [3.63, 3.8) is 0 Å². The number of hydrogen-bond donors (Lipinski definition) is 0. The van der Waals surface area contributed by atoms with Crippen LogP contribution in [0.1, 0.15) is 0 Å². The van der Waals surface area contributed by atoms with Crippen LogP contribution in [0, 0.1) is 0 Å². The van der Waals surface area contributed by atoms with Gasteiger partial charge in [-0.3, -0.25) is 4.79 Å². The minimum Gasteiger partial charge on any atom is -0.497 e. The number of hydrogen-bond acceptors (Lipinski definition) is 7. The lowest BCUT2D eigenvalue weighted by Crippen LogP contribution is -2.54. The molecule has 1 fully saturated rings. The van der Waals surface area contributed by atoms with Crippen molar-refractivity contribution >= 4 is 32.6 Å². The highest BCUT2D eigenvalue weighted by atomic mass is 32.1. The SMILES string of the molecule is COc1ccc2nc(N3CCN(C(=O)[C@H]4COc5ccccc5O4)CC3)sc2c1. The van der Waals surface area contributed by atoms with Gasteiger partial charge in [-0.25, -0.2) is 4.98 Å². The Labute approximate surface area is 172 Å². The highest BCUT2D eigenvalue weighted by Gasteiger charge is 2.33. The molecule has 29 heavy (non-hydrogen) atoms. The number of benzene rings is 2. The number of methoxy groups -OCH3 is 1. The lowest BCUT2D eigenvalue weighted by Gasteiger charge is -2.37. The van der Waals surface area contributed by atoms with E-state index in [2.05, 4.69) is 4.90 Å². The smallest absolute Gasteiger partial charge is 0.267 e. The molecule has 1 saturated heterocycles. The second-order valence-corrected chi connectivity index (χ2v) is 8.02. The number of fused-ring (bicyclic) bond motifs is 2. The van der Waals surface area contributed by atoms with Crippen LogP contribution in [0.25, 0.3) is 10.2 Å². The monoisotopic (exact) mass is 411 g/mol. The molecule has 2 aliphatic heterocycles. The summed E-state index contributed by atoms with van der Waals surface area (Å²) in [5.74, 6) is 2.13. The van der Waals surface area contributed by atoms with Gasteiger partial charge in [0.25, 0.3) is 5.91 Å². The van der Waals surface area contributed by atoms with Crippen LogP contribution < -0.4 is 19.1 Å². The number of rotatable bonds is 3. The molecule has 0 radical (unpaired) electrons. The third-order valence-corrected chi connectivity index (χ3v) is 6.31. The zero-order valence-electron chi connectivity index (χ0n) is 16.0. The van der Waals surface area contributed by atoms with Crippen LogP contribution in [-0.2, 0) is 4.79 Å². The highest BCUT2D eigenvalue weighted by Crippen LogP contribution is 2.33. The van der Waals surface area contributed by atoms with Crippen molar-refractivity contribution in [1.29, 1.82) is 0 Å². The molecule has 0 aliphatic carbocycles. The summed E-state index contributed by atoms with van der Waals surface area (Å²) in [6, 6.07) is 13.4. The molecule has 1 aromatic heterocycles. The van der Waals surface area contributed by atoms with Crippen molar-refractivity contribution in [2.75, 3.05) is 44.8 Å². The van der Waals surface area contributed by atoms with E-state index in [9.17, 15) is 4.79 Å². The molecule has 8 heteroatoms. The van der Waals surface area contributed by atoms with E-state index in [0.29, 0.717) is 24.6 Å². The number of anilines is 1. The highest BCUT2D eigenvalue weighted by molar-refractivity contribution is 7.22. The maximum absolute atomic E-state index is 12.9. The minimum atomic E-state index is -0.591. The summed E-state index contributed by atoms with van der Waals surface area (Å²) >= 11 is 1.65. The van der Waals surface area contributed by atoms with Gasteiger partial charge < -0.3 is 24.0 Å². The maximum atomic E-state index is 12.9. The Kier molecular flexibility index (Phi) is 4.63. The second-order valence-electron chi connectivity index (χ2n) is 7.01. The molecule has 0 N–H and O–H groups in total. The summed E-state index contributed by atoms with van der Waals surface area (Å²) in [7, 11) is 1.67. The van der Waals surface area contributed by atoms with E-state index < -0.39 is 6.10 Å². The molecular formula is C21H21N3O4S. The Morgan fingerprint density at radius 2 is 1.93 bits per heavy atom. The summed E-state index contributed by atoms with van der Waals surface area (Å²) in [6.45, 7) is 3.01. The van der Waals surface area contributed by atoms with Crippen molar-refractivity contribution in [2.24, 2.45) is 0 Å². The van der Waals surface area contributed by atoms with E-state index in [1.807, 2.05) is 47.4 Å². The van der Waals surface area contributed by atoms with Gasteiger partial charge in [-0.2, -0.15) is 0 Å². The van der Waals surface area contributed by atoms with E-state index in [0.717, 1.165) is 34.2 Å². The number of thiazole rings is 1. The third kappa shape index (κ3) is 3.44. The summed E-state index contributed by atoms with van der Waals surface area (Å²) in [5, 5.41) is 0.978. The summed E-state index contributed by atoms with van der Waals surface area (Å²) < 4.78 is 18.0. The summed E-state index contributed by atoms with van der Waals surface area (Å²) in [4.78, 5) is 21.7. The van der Waals surface area contributed by atoms with E-state index in [-0.39, 0.29) is 12.5 Å². The third-order valence-electron chi connectivity index (χ3n) is 5.23. The molecule has 150 valence electrons. The predicted molar refractivity (Wildman–Crippen MR) is 111 cm³/mol. The van der Waals surface area contributed by atoms with Gasteiger partial charge in [0.1, 0.15) is 12.4 Å². The van der Waals surface area contributed by atoms with Crippen molar-refractivity contribution in [1.82, 2.24) is 9.88 Å². The second kappa shape index (κ2) is 7.44. The van der Waals surface area contributed by atoms with Gasteiger partial charge in [-0.1, -0.05) is 23.5 Å². The van der Waals surface area contributed by atoms with Gasteiger partial charge in [0.2, 0.25) is 6.10 Å². The number of nitrogens with zero attached hydrogens (tertiary/aromatic N) is 3. The lowest BCUT2D eigenvalue weighted by atomic mass is 10.2. The van der Waals surface area contributed by atoms with Gasteiger partial charge in [0.15, 0.2) is 16.6 Å². The van der Waals surface area contributed by atoms with Gasteiger partial charge in [-0.05, 0) is 30.3 Å². The van der Waals surface area contributed by atoms with E-state index in [4.69, 9.17) is 19.2 Å². The maximum Gasteiger partial charge on any atom is 0.267 e. The van der Waals surface area contributed by atoms with Crippen molar-refractivity contribution in [2.45, 2.75) is 6.10 Å². The predicted octanol–water partition coefficient (Wildman–Crippen LogP) is 2.79. The fraction of sp³-hybridized carbons (Fsp3) is 0.333. The van der Waals surface area contributed by atoms with Gasteiger partial charge in [0, 0.05) is 26.2 Å². The fourth-order valence-electron chi connectivity index (χ4n) is 3.62.